The smallest absolute Gasteiger partial charge is 0.269 e. The average molecular weight is 533 g/mol. The standard InChI is InChI=1S/C23H25BrN4O4S/c1-13(2)12-32-19-10-7-16(11-18(19)24)21(30)26-23(33)28-27-22(31)15-5-8-17(9-6-15)25-20(29)14-3-4-14/h5-11,13-14H,3-4,12H2,1-2H3,(H,25,29)(H,27,31)(H2,26,28,30,33). The van der Waals surface area contributed by atoms with Gasteiger partial charge in [0.05, 0.1) is 11.1 Å². The molecule has 10 heteroatoms. The van der Waals surface area contributed by atoms with Crippen molar-refractivity contribution in [2.24, 2.45) is 11.8 Å². The molecule has 0 atom stereocenters. The third kappa shape index (κ3) is 7.54. The van der Waals surface area contributed by atoms with E-state index in [1.807, 2.05) is 13.8 Å². The van der Waals surface area contributed by atoms with Crippen LogP contribution in [0.25, 0.3) is 0 Å². The minimum Gasteiger partial charge on any atom is -0.492 e. The van der Waals surface area contributed by atoms with Crippen LogP contribution < -0.4 is 26.2 Å². The van der Waals surface area contributed by atoms with E-state index in [0.29, 0.717) is 39.6 Å². The van der Waals surface area contributed by atoms with Crippen LogP contribution in [-0.4, -0.2) is 29.4 Å². The minimum absolute atomic E-state index is 0.000267. The summed E-state index contributed by atoms with van der Waals surface area (Å²) >= 11 is 8.49. The Kier molecular flexibility index (Phi) is 8.40. The van der Waals surface area contributed by atoms with Crippen LogP contribution in [0.2, 0.25) is 0 Å². The van der Waals surface area contributed by atoms with Crippen molar-refractivity contribution in [3.63, 3.8) is 0 Å². The maximum atomic E-state index is 12.4. The van der Waals surface area contributed by atoms with Crippen LogP contribution in [0.4, 0.5) is 5.69 Å². The molecule has 0 radical (unpaired) electrons. The Morgan fingerprint density at radius 2 is 1.70 bits per heavy atom. The molecule has 0 aliphatic heterocycles. The van der Waals surface area contributed by atoms with Gasteiger partial charge in [-0.2, -0.15) is 0 Å². The first-order valence-electron chi connectivity index (χ1n) is 10.5. The summed E-state index contributed by atoms with van der Waals surface area (Å²) in [6.07, 6.45) is 1.84. The number of ether oxygens (including phenoxy) is 1. The predicted octanol–water partition coefficient (Wildman–Crippen LogP) is 3.78. The van der Waals surface area contributed by atoms with Gasteiger partial charge in [0.1, 0.15) is 5.75 Å². The minimum atomic E-state index is -0.443. The number of carbonyl (C=O) groups excluding carboxylic acids is 3. The molecule has 33 heavy (non-hydrogen) atoms. The molecule has 0 unspecified atom stereocenters. The van der Waals surface area contributed by atoms with Crippen LogP contribution in [0.1, 0.15) is 47.4 Å². The lowest BCUT2D eigenvalue weighted by atomic mass is 10.2. The Labute approximate surface area is 205 Å². The summed E-state index contributed by atoms with van der Waals surface area (Å²) in [6.45, 7) is 4.66. The van der Waals surface area contributed by atoms with Gasteiger partial charge < -0.3 is 10.1 Å². The number of nitrogens with one attached hydrogen (secondary N) is 4. The second-order valence-electron chi connectivity index (χ2n) is 8.05. The van der Waals surface area contributed by atoms with Gasteiger partial charge in [-0.1, -0.05) is 13.8 Å². The highest BCUT2D eigenvalue weighted by molar-refractivity contribution is 9.10. The Balaban J connectivity index is 1.46. The van der Waals surface area contributed by atoms with Crippen molar-refractivity contribution in [3.8, 4) is 5.75 Å². The average Bonchev–Trinajstić information content (AvgIpc) is 3.62. The number of amides is 3. The fourth-order valence-corrected chi connectivity index (χ4v) is 3.34. The van der Waals surface area contributed by atoms with Crippen LogP contribution in [-0.2, 0) is 4.79 Å². The first-order chi connectivity index (χ1) is 15.7. The lowest BCUT2D eigenvalue weighted by Gasteiger charge is -2.13. The first-order valence-corrected chi connectivity index (χ1v) is 11.7. The first kappa shape index (κ1) is 24.7. The quantitative estimate of drug-likeness (QED) is 0.319. The molecule has 2 aromatic rings. The molecule has 0 heterocycles. The molecule has 1 saturated carbocycles. The highest BCUT2D eigenvalue weighted by atomic mass is 79.9. The van der Waals surface area contributed by atoms with Crippen molar-refractivity contribution >= 4 is 56.7 Å². The van der Waals surface area contributed by atoms with E-state index in [1.54, 1.807) is 42.5 Å². The van der Waals surface area contributed by atoms with E-state index in [9.17, 15) is 14.4 Å². The molecule has 1 aliphatic carbocycles. The molecular weight excluding hydrogens is 508 g/mol. The van der Waals surface area contributed by atoms with Crippen molar-refractivity contribution in [1.82, 2.24) is 16.2 Å². The largest absolute Gasteiger partial charge is 0.492 e. The fourth-order valence-electron chi connectivity index (χ4n) is 2.70. The molecule has 2 aromatic carbocycles. The van der Waals surface area contributed by atoms with Crippen molar-refractivity contribution in [2.45, 2.75) is 26.7 Å². The van der Waals surface area contributed by atoms with Gasteiger partial charge in [0.25, 0.3) is 11.8 Å². The lowest BCUT2D eigenvalue weighted by Crippen LogP contribution is -2.48. The van der Waals surface area contributed by atoms with Crippen molar-refractivity contribution in [1.29, 1.82) is 0 Å². The Bertz CT molecular complexity index is 1050. The van der Waals surface area contributed by atoms with Gasteiger partial charge in [-0.3, -0.25) is 30.6 Å². The molecule has 0 aromatic heterocycles. The highest BCUT2D eigenvalue weighted by Crippen LogP contribution is 2.30. The summed E-state index contributed by atoms with van der Waals surface area (Å²) in [5.41, 5.74) is 6.30. The monoisotopic (exact) mass is 532 g/mol. The summed E-state index contributed by atoms with van der Waals surface area (Å²) < 4.78 is 6.33. The normalized spacial score (nSPS) is 12.6. The van der Waals surface area contributed by atoms with Crippen molar-refractivity contribution in [2.75, 3.05) is 11.9 Å². The van der Waals surface area contributed by atoms with Crippen LogP contribution in [0, 0.1) is 11.8 Å². The summed E-state index contributed by atoms with van der Waals surface area (Å²) in [7, 11) is 0. The van der Waals surface area contributed by atoms with Gasteiger partial charge in [-0.05, 0) is 89.4 Å². The zero-order valence-corrected chi connectivity index (χ0v) is 20.6. The molecule has 1 aliphatic rings. The van der Waals surface area contributed by atoms with E-state index in [-0.39, 0.29) is 16.9 Å². The van der Waals surface area contributed by atoms with Gasteiger partial charge in [0, 0.05) is 22.7 Å². The third-order valence-electron chi connectivity index (χ3n) is 4.65. The van der Waals surface area contributed by atoms with E-state index >= 15 is 0 Å². The zero-order valence-electron chi connectivity index (χ0n) is 18.2. The summed E-state index contributed by atoms with van der Waals surface area (Å²) in [4.78, 5) is 36.5. The van der Waals surface area contributed by atoms with Crippen molar-refractivity contribution in [3.05, 3.63) is 58.1 Å². The Morgan fingerprint density at radius 1 is 1.03 bits per heavy atom. The van der Waals surface area contributed by atoms with Gasteiger partial charge in [-0.25, -0.2) is 0 Å². The van der Waals surface area contributed by atoms with Crippen LogP contribution in [0.5, 0.6) is 5.75 Å². The molecule has 1 fully saturated rings. The summed E-state index contributed by atoms with van der Waals surface area (Å²) in [6, 6.07) is 11.4. The molecule has 3 amide bonds. The molecule has 174 valence electrons. The van der Waals surface area contributed by atoms with Gasteiger partial charge in [0.15, 0.2) is 5.11 Å². The van der Waals surface area contributed by atoms with Gasteiger partial charge in [-0.15, -0.1) is 0 Å². The molecule has 4 N–H and O–H groups in total. The topological polar surface area (TPSA) is 109 Å². The predicted molar refractivity (Wildman–Crippen MR) is 133 cm³/mol. The van der Waals surface area contributed by atoms with E-state index < -0.39 is 11.8 Å². The highest BCUT2D eigenvalue weighted by Gasteiger charge is 2.29. The molecular formula is C23H25BrN4O4S. The van der Waals surface area contributed by atoms with E-state index in [0.717, 1.165) is 12.8 Å². The molecule has 8 nitrogen and oxygen atoms in total. The number of hydrogen-bond donors (Lipinski definition) is 4. The summed E-state index contributed by atoms with van der Waals surface area (Å²) in [5.74, 6) is 0.246. The van der Waals surface area contributed by atoms with Crippen LogP contribution >= 0.6 is 28.1 Å². The molecule has 0 bridgehead atoms. The number of hydrazine groups is 1. The zero-order chi connectivity index (χ0) is 24.0. The SMILES string of the molecule is CC(C)COc1ccc(C(=O)NC(=S)NNC(=O)c2ccc(NC(=O)C3CC3)cc2)cc1Br. The molecule has 0 spiro atoms. The number of anilines is 1. The number of rotatable bonds is 7. The van der Waals surface area contributed by atoms with Gasteiger partial charge in [0.2, 0.25) is 5.91 Å². The second kappa shape index (κ2) is 11.2. The number of thiocarbonyl (C=S) groups is 1. The van der Waals surface area contributed by atoms with Gasteiger partial charge >= 0.3 is 0 Å². The second-order valence-corrected chi connectivity index (χ2v) is 9.32. The van der Waals surface area contributed by atoms with E-state index in [1.165, 1.54) is 0 Å². The Morgan fingerprint density at radius 3 is 2.30 bits per heavy atom. The lowest BCUT2D eigenvalue weighted by molar-refractivity contribution is -0.117. The maximum absolute atomic E-state index is 12.4. The van der Waals surface area contributed by atoms with Crippen molar-refractivity contribution < 1.29 is 19.1 Å². The Hall–Kier alpha value is -2.98. The molecule has 0 saturated heterocycles. The van der Waals surface area contributed by atoms with E-state index in [2.05, 4.69) is 37.4 Å². The summed E-state index contributed by atoms with van der Waals surface area (Å²) in [5, 5.41) is 5.26. The molecule has 3 rings (SSSR count). The third-order valence-corrected chi connectivity index (χ3v) is 5.47. The van der Waals surface area contributed by atoms with Crippen LogP contribution in [0.3, 0.4) is 0 Å². The van der Waals surface area contributed by atoms with E-state index in [4.69, 9.17) is 17.0 Å². The fraction of sp³-hybridized carbons (Fsp3) is 0.304. The maximum Gasteiger partial charge on any atom is 0.269 e. The van der Waals surface area contributed by atoms with Crippen LogP contribution in [0.15, 0.2) is 46.9 Å². The number of carbonyl (C=O) groups is 3. The number of benzene rings is 2. The number of hydrogen-bond acceptors (Lipinski definition) is 5. The number of halogens is 1.